The number of carbonyl (C=O) groups excluding carboxylic acids is 1. The van der Waals surface area contributed by atoms with Crippen LogP contribution in [0.5, 0.6) is 0 Å². The number of nitrogens with zero attached hydrogens (tertiary/aromatic N) is 5. The number of tetrazole rings is 1. The standard InChI is InChI=1S/C16H15N5O3S/c1-20(13-8-4-2-5-9-13)15(22)12-25(23,24)16-17-18-19-21(16)14-10-6-3-7-11-14/h2-11H,12H2,1H3. The van der Waals surface area contributed by atoms with Crippen LogP contribution in [0, 0.1) is 0 Å². The monoisotopic (exact) mass is 357 g/mol. The average molecular weight is 357 g/mol. The van der Waals surface area contributed by atoms with Gasteiger partial charge in [0.15, 0.2) is 0 Å². The summed E-state index contributed by atoms with van der Waals surface area (Å²) in [6.07, 6.45) is 0. The van der Waals surface area contributed by atoms with Gasteiger partial charge < -0.3 is 4.90 Å². The Morgan fingerprint density at radius 1 is 1.04 bits per heavy atom. The van der Waals surface area contributed by atoms with Gasteiger partial charge >= 0.3 is 0 Å². The Bertz CT molecular complexity index is 971. The molecule has 9 heteroatoms. The number of hydrogen-bond acceptors (Lipinski definition) is 6. The van der Waals surface area contributed by atoms with Crippen molar-refractivity contribution < 1.29 is 13.2 Å². The Morgan fingerprint density at radius 2 is 1.64 bits per heavy atom. The number of aromatic nitrogens is 4. The summed E-state index contributed by atoms with van der Waals surface area (Å²) in [5.41, 5.74) is 1.10. The lowest BCUT2D eigenvalue weighted by atomic mass is 10.3. The van der Waals surface area contributed by atoms with E-state index in [1.54, 1.807) is 54.6 Å². The fourth-order valence-corrected chi connectivity index (χ4v) is 3.44. The lowest BCUT2D eigenvalue weighted by Crippen LogP contribution is -2.33. The molecule has 0 aliphatic carbocycles. The van der Waals surface area contributed by atoms with Gasteiger partial charge in [-0.1, -0.05) is 41.5 Å². The predicted octanol–water partition coefficient (Wildman–Crippen LogP) is 1.10. The molecule has 1 heterocycles. The number of anilines is 1. The molecule has 0 saturated carbocycles. The molecule has 128 valence electrons. The number of para-hydroxylation sites is 2. The number of hydrogen-bond donors (Lipinski definition) is 0. The van der Waals surface area contributed by atoms with Crippen LogP contribution < -0.4 is 4.90 Å². The highest BCUT2D eigenvalue weighted by Crippen LogP contribution is 2.16. The van der Waals surface area contributed by atoms with Gasteiger partial charge in [0, 0.05) is 12.7 Å². The maximum absolute atomic E-state index is 12.6. The molecule has 0 bridgehead atoms. The Balaban J connectivity index is 1.86. The Labute approximate surface area is 144 Å². The van der Waals surface area contributed by atoms with Crippen molar-refractivity contribution >= 4 is 21.4 Å². The molecule has 0 N–H and O–H groups in total. The summed E-state index contributed by atoms with van der Waals surface area (Å²) in [5.74, 6) is -1.31. The first-order valence-corrected chi connectivity index (χ1v) is 9.02. The molecule has 3 aromatic rings. The van der Waals surface area contributed by atoms with E-state index in [-0.39, 0.29) is 5.16 Å². The van der Waals surface area contributed by atoms with Gasteiger partial charge in [-0.2, -0.15) is 4.68 Å². The fraction of sp³-hybridized carbons (Fsp3) is 0.125. The molecular formula is C16H15N5O3S. The number of carbonyl (C=O) groups is 1. The topological polar surface area (TPSA) is 98.1 Å². The van der Waals surface area contributed by atoms with Gasteiger partial charge in [0.05, 0.1) is 5.69 Å². The van der Waals surface area contributed by atoms with E-state index in [1.165, 1.54) is 11.9 Å². The van der Waals surface area contributed by atoms with Crippen molar-refractivity contribution in [2.24, 2.45) is 0 Å². The summed E-state index contributed by atoms with van der Waals surface area (Å²) in [6, 6.07) is 17.4. The van der Waals surface area contributed by atoms with Crippen molar-refractivity contribution in [1.29, 1.82) is 0 Å². The molecule has 0 saturated heterocycles. The second kappa shape index (κ2) is 6.81. The van der Waals surface area contributed by atoms with Crippen molar-refractivity contribution in [2.75, 3.05) is 17.7 Å². The first-order valence-electron chi connectivity index (χ1n) is 7.37. The van der Waals surface area contributed by atoms with Crippen molar-refractivity contribution in [3.63, 3.8) is 0 Å². The first kappa shape index (κ1) is 16.8. The summed E-state index contributed by atoms with van der Waals surface area (Å²) in [4.78, 5) is 13.7. The molecule has 0 aliphatic rings. The van der Waals surface area contributed by atoms with E-state index >= 15 is 0 Å². The van der Waals surface area contributed by atoms with Crippen LogP contribution in [0.15, 0.2) is 65.8 Å². The van der Waals surface area contributed by atoms with E-state index in [0.29, 0.717) is 11.4 Å². The van der Waals surface area contributed by atoms with E-state index in [1.807, 2.05) is 6.07 Å². The molecule has 3 rings (SSSR count). The van der Waals surface area contributed by atoms with Crippen LogP contribution >= 0.6 is 0 Å². The lowest BCUT2D eigenvalue weighted by molar-refractivity contribution is -0.115. The van der Waals surface area contributed by atoms with Crippen molar-refractivity contribution in [3.05, 3.63) is 60.7 Å². The Hall–Kier alpha value is -3.07. The van der Waals surface area contributed by atoms with Gasteiger partial charge in [-0.25, -0.2) is 8.42 Å². The normalized spacial score (nSPS) is 11.2. The Morgan fingerprint density at radius 3 is 2.28 bits per heavy atom. The lowest BCUT2D eigenvalue weighted by Gasteiger charge is -2.17. The average Bonchev–Trinajstić information content (AvgIpc) is 3.13. The molecule has 0 unspecified atom stereocenters. The highest BCUT2D eigenvalue weighted by Gasteiger charge is 2.28. The molecule has 0 radical (unpaired) electrons. The van der Waals surface area contributed by atoms with Gasteiger partial charge in [-0.15, -0.1) is 0 Å². The molecule has 2 aromatic carbocycles. The summed E-state index contributed by atoms with van der Waals surface area (Å²) >= 11 is 0. The predicted molar refractivity (Wildman–Crippen MR) is 91.1 cm³/mol. The van der Waals surface area contributed by atoms with Crippen LogP contribution in [0.3, 0.4) is 0 Å². The van der Waals surface area contributed by atoms with Crippen LogP contribution in [0.2, 0.25) is 0 Å². The van der Waals surface area contributed by atoms with E-state index < -0.39 is 21.5 Å². The van der Waals surface area contributed by atoms with Crippen LogP contribution in [0.25, 0.3) is 5.69 Å². The minimum absolute atomic E-state index is 0.367. The third-order valence-corrected chi connectivity index (χ3v) is 4.99. The molecule has 8 nitrogen and oxygen atoms in total. The third kappa shape index (κ3) is 3.56. The summed E-state index contributed by atoms with van der Waals surface area (Å²) in [6.45, 7) is 0. The zero-order valence-corrected chi connectivity index (χ0v) is 14.2. The molecule has 25 heavy (non-hydrogen) atoms. The van der Waals surface area contributed by atoms with Crippen LogP contribution in [0.4, 0.5) is 5.69 Å². The maximum atomic E-state index is 12.6. The zero-order valence-electron chi connectivity index (χ0n) is 13.3. The van der Waals surface area contributed by atoms with Crippen molar-refractivity contribution in [3.8, 4) is 5.69 Å². The number of benzene rings is 2. The summed E-state index contributed by atoms with van der Waals surface area (Å²) in [7, 11) is -2.49. The smallest absolute Gasteiger partial charge is 0.272 e. The SMILES string of the molecule is CN(C(=O)CS(=O)(=O)c1nnnn1-c1ccccc1)c1ccccc1. The fourth-order valence-electron chi connectivity index (χ4n) is 2.22. The molecule has 1 amide bonds. The minimum atomic E-state index is -4.01. The van der Waals surface area contributed by atoms with Gasteiger partial charge in [0.1, 0.15) is 5.75 Å². The molecule has 0 spiro atoms. The van der Waals surface area contributed by atoms with Gasteiger partial charge in [-0.3, -0.25) is 4.79 Å². The molecular weight excluding hydrogens is 342 g/mol. The van der Waals surface area contributed by atoms with E-state index in [4.69, 9.17) is 0 Å². The number of rotatable bonds is 5. The molecule has 0 fully saturated rings. The van der Waals surface area contributed by atoms with Crippen molar-refractivity contribution in [2.45, 2.75) is 5.16 Å². The second-order valence-electron chi connectivity index (χ2n) is 5.26. The van der Waals surface area contributed by atoms with Gasteiger partial charge in [0.25, 0.3) is 5.16 Å². The van der Waals surface area contributed by atoms with Crippen LogP contribution in [0.1, 0.15) is 0 Å². The van der Waals surface area contributed by atoms with Gasteiger partial charge in [0.2, 0.25) is 15.7 Å². The molecule has 1 aromatic heterocycles. The van der Waals surface area contributed by atoms with E-state index in [0.717, 1.165) is 4.68 Å². The molecule has 0 atom stereocenters. The van der Waals surface area contributed by atoms with Gasteiger partial charge in [-0.05, 0) is 34.7 Å². The quantitative estimate of drug-likeness (QED) is 0.678. The summed E-state index contributed by atoms with van der Waals surface area (Å²) < 4.78 is 26.3. The van der Waals surface area contributed by atoms with Crippen LogP contribution in [-0.2, 0) is 14.6 Å². The summed E-state index contributed by atoms with van der Waals surface area (Å²) in [5, 5.41) is 10.4. The van der Waals surface area contributed by atoms with E-state index in [2.05, 4.69) is 15.5 Å². The number of amides is 1. The Kier molecular flexibility index (Phi) is 4.57. The highest BCUT2D eigenvalue weighted by atomic mass is 32.2. The second-order valence-corrected chi connectivity index (χ2v) is 7.14. The molecule has 0 aliphatic heterocycles. The van der Waals surface area contributed by atoms with E-state index in [9.17, 15) is 13.2 Å². The van der Waals surface area contributed by atoms with Crippen molar-refractivity contribution in [1.82, 2.24) is 20.2 Å². The highest BCUT2D eigenvalue weighted by molar-refractivity contribution is 7.92. The first-order chi connectivity index (χ1) is 12.0. The number of sulfone groups is 1. The van der Waals surface area contributed by atoms with Crippen LogP contribution in [-0.4, -0.2) is 47.3 Å². The largest absolute Gasteiger partial charge is 0.315 e. The minimum Gasteiger partial charge on any atom is -0.315 e. The zero-order chi connectivity index (χ0) is 17.9. The maximum Gasteiger partial charge on any atom is 0.272 e. The third-order valence-electron chi connectivity index (χ3n) is 3.55.